The van der Waals surface area contributed by atoms with Crippen molar-refractivity contribution >= 4 is 17.3 Å². The summed E-state index contributed by atoms with van der Waals surface area (Å²) in [6.07, 6.45) is 5.17. The van der Waals surface area contributed by atoms with Crippen LogP contribution in [0.5, 0.6) is 0 Å². The molecular weight excluding hydrogens is 250 g/mol. The van der Waals surface area contributed by atoms with Crippen LogP contribution in [0.15, 0.2) is 11.0 Å². The lowest BCUT2D eigenvalue weighted by atomic mass is 10.1. The molecule has 0 amide bonds. The summed E-state index contributed by atoms with van der Waals surface area (Å²) in [7, 11) is 0. The minimum atomic E-state index is -0.206. The lowest BCUT2D eigenvalue weighted by molar-refractivity contribution is 0.535. The van der Waals surface area contributed by atoms with Gasteiger partial charge in [-0.2, -0.15) is 5.10 Å². The van der Waals surface area contributed by atoms with Crippen LogP contribution in [-0.4, -0.2) is 16.3 Å². The summed E-state index contributed by atoms with van der Waals surface area (Å²) >= 11 is 6.08. The van der Waals surface area contributed by atoms with Crippen LogP contribution in [0.2, 0.25) is 5.02 Å². The maximum atomic E-state index is 11.9. The first-order valence-corrected chi connectivity index (χ1v) is 7.00. The van der Waals surface area contributed by atoms with E-state index in [0.29, 0.717) is 18.2 Å². The van der Waals surface area contributed by atoms with E-state index >= 15 is 0 Å². The van der Waals surface area contributed by atoms with Gasteiger partial charge in [-0.05, 0) is 31.1 Å². The van der Waals surface area contributed by atoms with Crippen molar-refractivity contribution in [1.82, 2.24) is 9.78 Å². The first-order valence-electron chi connectivity index (χ1n) is 6.63. The van der Waals surface area contributed by atoms with E-state index in [2.05, 4.69) is 17.3 Å². The van der Waals surface area contributed by atoms with Gasteiger partial charge in [0.1, 0.15) is 5.02 Å². The summed E-state index contributed by atoms with van der Waals surface area (Å²) in [5.74, 6) is 1.46. The van der Waals surface area contributed by atoms with Gasteiger partial charge in [-0.25, -0.2) is 4.68 Å². The molecule has 0 aliphatic heterocycles. The number of hydrogen-bond donors (Lipinski definition) is 1. The van der Waals surface area contributed by atoms with Crippen LogP contribution in [0.4, 0.5) is 5.69 Å². The number of aryl methyl sites for hydroxylation is 1. The van der Waals surface area contributed by atoms with Gasteiger partial charge < -0.3 is 5.32 Å². The number of nitrogens with one attached hydrogen (secondary N) is 1. The minimum absolute atomic E-state index is 0.206. The Balaban J connectivity index is 2.04. The fourth-order valence-electron chi connectivity index (χ4n) is 2.06. The largest absolute Gasteiger partial charge is 0.382 e. The van der Waals surface area contributed by atoms with Crippen molar-refractivity contribution in [3.05, 3.63) is 21.6 Å². The molecule has 0 radical (unpaired) electrons. The van der Waals surface area contributed by atoms with Crippen molar-refractivity contribution in [2.75, 3.05) is 11.9 Å². The Bertz CT molecular complexity index is 468. The molecule has 1 aromatic heterocycles. The normalized spacial score (nSPS) is 16.6. The maximum Gasteiger partial charge on any atom is 0.287 e. The highest BCUT2D eigenvalue weighted by molar-refractivity contribution is 6.32. The lowest BCUT2D eigenvalue weighted by Crippen LogP contribution is -2.25. The lowest BCUT2D eigenvalue weighted by Gasteiger charge is -2.13. The molecule has 2 rings (SSSR count). The number of nitrogens with zero attached hydrogens (tertiary/aromatic N) is 2. The van der Waals surface area contributed by atoms with Gasteiger partial charge in [0.05, 0.1) is 11.9 Å². The zero-order chi connectivity index (χ0) is 13.1. The van der Waals surface area contributed by atoms with Gasteiger partial charge in [-0.1, -0.05) is 25.4 Å². The number of rotatable bonds is 6. The van der Waals surface area contributed by atoms with Crippen molar-refractivity contribution in [1.29, 1.82) is 0 Å². The molecule has 1 saturated carbocycles. The van der Waals surface area contributed by atoms with E-state index in [0.717, 1.165) is 18.9 Å². The predicted octanol–water partition coefficient (Wildman–Crippen LogP) is 2.76. The number of aromatic nitrogens is 2. The quantitative estimate of drug-likeness (QED) is 0.864. The van der Waals surface area contributed by atoms with Crippen LogP contribution in [-0.2, 0) is 6.54 Å². The Hall–Kier alpha value is -1.03. The standard InChI is InChI=1S/C13H20ClN3O/c1-3-6-17-13(18)12(14)11(8-16-17)15-7-9(2)10-4-5-10/h8-10,15H,3-7H2,1-2H3. The van der Waals surface area contributed by atoms with Gasteiger partial charge in [0.2, 0.25) is 0 Å². The molecule has 4 nitrogen and oxygen atoms in total. The van der Waals surface area contributed by atoms with Gasteiger partial charge in [0, 0.05) is 13.1 Å². The maximum absolute atomic E-state index is 11.9. The van der Waals surface area contributed by atoms with E-state index in [1.165, 1.54) is 17.5 Å². The van der Waals surface area contributed by atoms with Crippen molar-refractivity contribution in [3.8, 4) is 0 Å². The average Bonchev–Trinajstić information content (AvgIpc) is 3.18. The molecule has 0 spiro atoms. The van der Waals surface area contributed by atoms with Gasteiger partial charge >= 0.3 is 0 Å². The Morgan fingerprint density at radius 1 is 1.61 bits per heavy atom. The second kappa shape index (κ2) is 5.74. The van der Waals surface area contributed by atoms with Crippen LogP contribution in [0.3, 0.4) is 0 Å². The third-order valence-corrected chi connectivity index (χ3v) is 3.83. The average molecular weight is 270 g/mol. The molecule has 1 heterocycles. The highest BCUT2D eigenvalue weighted by Gasteiger charge is 2.27. The van der Waals surface area contributed by atoms with Crippen LogP contribution in [0.1, 0.15) is 33.1 Å². The predicted molar refractivity (Wildman–Crippen MR) is 74.2 cm³/mol. The number of anilines is 1. The molecule has 100 valence electrons. The third kappa shape index (κ3) is 3.05. The molecule has 1 atom stereocenters. The first kappa shape index (κ1) is 13.4. The van der Waals surface area contributed by atoms with Crippen molar-refractivity contribution in [3.63, 3.8) is 0 Å². The van der Waals surface area contributed by atoms with Crippen LogP contribution >= 0.6 is 11.6 Å². The Morgan fingerprint density at radius 2 is 2.33 bits per heavy atom. The van der Waals surface area contributed by atoms with Gasteiger partial charge in [0.15, 0.2) is 0 Å². The summed E-state index contributed by atoms with van der Waals surface area (Å²) in [5.41, 5.74) is 0.448. The zero-order valence-electron chi connectivity index (χ0n) is 10.9. The van der Waals surface area contributed by atoms with E-state index in [1.54, 1.807) is 6.20 Å². The highest BCUT2D eigenvalue weighted by atomic mass is 35.5. The second-order valence-corrected chi connectivity index (χ2v) is 5.47. The molecule has 1 fully saturated rings. The summed E-state index contributed by atoms with van der Waals surface area (Å²) < 4.78 is 1.41. The molecule has 5 heteroatoms. The Kier molecular flexibility index (Phi) is 4.27. The molecule has 0 saturated heterocycles. The smallest absolute Gasteiger partial charge is 0.287 e. The fourth-order valence-corrected chi connectivity index (χ4v) is 2.28. The summed E-state index contributed by atoms with van der Waals surface area (Å²) in [5, 5.41) is 7.61. The van der Waals surface area contributed by atoms with Gasteiger partial charge in [-0.3, -0.25) is 4.79 Å². The Labute approximate surface area is 112 Å². The van der Waals surface area contributed by atoms with Gasteiger partial charge in [0.25, 0.3) is 5.56 Å². The van der Waals surface area contributed by atoms with Crippen molar-refractivity contribution < 1.29 is 0 Å². The van der Waals surface area contributed by atoms with Gasteiger partial charge in [-0.15, -0.1) is 0 Å². The SMILES string of the molecule is CCCn1ncc(NCC(C)C2CC2)c(Cl)c1=O. The van der Waals surface area contributed by atoms with Crippen molar-refractivity contribution in [2.24, 2.45) is 11.8 Å². The van der Waals surface area contributed by atoms with E-state index in [9.17, 15) is 4.79 Å². The monoisotopic (exact) mass is 269 g/mol. The molecule has 0 aromatic carbocycles. The van der Waals surface area contributed by atoms with E-state index in [1.807, 2.05) is 6.92 Å². The van der Waals surface area contributed by atoms with Crippen molar-refractivity contribution in [2.45, 2.75) is 39.7 Å². The van der Waals surface area contributed by atoms with E-state index in [-0.39, 0.29) is 10.6 Å². The molecule has 1 unspecified atom stereocenters. The molecule has 18 heavy (non-hydrogen) atoms. The third-order valence-electron chi connectivity index (χ3n) is 3.46. The zero-order valence-corrected chi connectivity index (χ0v) is 11.7. The number of hydrogen-bond acceptors (Lipinski definition) is 3. The number of halogens is 1. The molecular formula is C13H20ClN3O. The highest BCUT2D eigenvalue weighted by Crippen LogP contribution is 2.36. The molecule has 1 aromatic rings. The molecule has 1 aliphatic carbocycles. The summed E-state index contributed by atoms with van der Waals surface area (Å²) in [6, 6.07) is 0. The summed E-state index contributed by atoms with van der Waals surface area (Å²) in [4.78, 5) is 11.9. The second-order valence-electron chi connectivity index (χ2n) is 5.10. The van der Waals surface area contributed by atoms with Crippen LogP contribution in [0.25, 0.3) is 0 Å². The molecule has 0 bridgehead atoms. The minimum Gasteiger partial charge on any atom is -0.382 e. The molecule has 1 aliphatic rings. The first-order chi connectivity index (χ1) is 8.63. The topological polar surface area (TPSA) is 46.9 Å². The van der Waals surface area contributed by atoms with Crippen LogP contribution < -0.4 is 10.9 Å². The summed E-state index contributed by atoms with van der Waals surface area (Å²) in [6.45, 7) is 5.69. The van der Waals surface area contributed by atoms with Crippen LogP contribution in [0, 0.1) is 11.8 Å². The van der Waals surface area contributed by atoms with E-state index < -0.39 is 0 Å². The Morgan fingerprint density at radius 3 is 2.94 bits per heavy atom. The fraction of sp³-hybridized carbons (Fsp3) is 0.692. The molecule has 1 N–H and O–H groups in total. The van der Waals surface area contributed by atoms with E-state index in [4.69, 9.17) is 11.6 Å².